The highest BCUT2D eigenvalue weighted by Gasteiger charge is 2.23. The number of nitrogens with zero attached hydrogens (tertiary/aromatic N) is 2. The molecule has 0 atom stereocenters. The largest absolute Gasteiger partial charge is 0.457 e. The molecule has 1 aliphatic rings. The van der Waals surface area contributed by atoms with Crippen molar-refractivity contribution >= 4 is 35.2 Å². The fourth-order valence-corrected chi connectivity index (χ4v) is 3.66. The SMILES string of the molecule is N#C/C(=C\c1ccc(-c2ccc(Cl)c(Cl)c2)o1)C(=O)N1CCc2ccccc2C1. The minimum absolute atomic E-state index is 0.0411. The van der Waals surface area contributed by atoms with Gasteiger partial charge in [-0.25, -0.2) is 0 Å². The fourth-order valence-electron chi connectivity index (χ4n) is 3.36. The maximum absolute atomic E-state index is 12.9. The van der Waals surface area contributed by atoms with Gasteiger partial charge in [0.05, 0.1) is 10.0 Å². The molecule has 0 unspecified atom stereocenters. The third kappa shape index (κ3) is 4.07. The van der Waals surface area contributed by atoms with Gasteiger partial charge in [-0.3, -0.25) is 4.79 Å². The Kier molecular flexibility index (Phi) is 5.44. The lowest BCUT2D eigenvalue weighted by molar-refractivity contribution is -0.127. The van der Waals surface area contributed by atoms with E-state index in [1.807, 2.05) is 24.3 Å². The zero-order chi connectivity index (χ0) is 20.4. The van der Waals surface area contributed by atoms with Crippen molar-refractivity contribution in [2.24, 2.45) is 0 Å². The van der Waals surface area contributed by atoms with Gasteiger partial charge in [0, 0.05) is 24.7 Å². The number of carbonyl (C=O) groups excluding carboxylic acids is 1. The van der Waals surface area contributed by atoms with Gasteiger partial charge in [-0.2, -0.15) is 5.26 Å². The molecule has 1 amide bonds. The van der Waals surface area contributed by atoms with Crippen LogP contribution in [0.2, 0.25) is 10.0 Å². The first-order valence-electron chi connectivity index (χ1n) is 9.08. The molecule has 144 valence electrons. The van der Waals surface area contributed by atoms with E-state index in [2.05, 4.69) is 6.07 Å². The van der Waals surface area contributed by atoms with Gasteiger partial charge in [-0.05, 0) is 47.9 Å². The van der Waals surface area contributed by atoms with Crippen LogP contribution in [0.3, 0.4) is 0 Å². The first kappa shape index (κ1) is 19.3. The predicted molar refractivity (Wildman–Crippen MR) is 113 cm³/mol. The quantitative estimate of drug-likeness (QED) is 0.399. The Morgan fingerprint density at radius 2 is 1.86 bits per heavy atom. The van der Waals surface area contributed by atoms with Crippen LogP contribution in [0.25, 0.3) is 17.4 Å². The van der Waals surface area contributed by atoms with Crippen molar-refractivity contribution in [3.63, 3.8) is 0 Å². The number of amides is 1. The second kappa shape index (κ2) is 8.16. The summed E-state index contributed by atoms with van der Waals surface area (Å²) in [5.74, 6) is 0.703. The predicted octanol–water partition coefficient (Wildman–Crippen LogP) is 5.75. The van der Waals surface area contributed by atoms with Gasteiger partial charge in [0.2, 0.25) is 0 Å². The van der Waals surface area contributed by atoms with Gasteiger partial charge >= 0.3 is 0 Å². The van der Waals surface area contributed by atoms with Crippen molar-refractivity contribution in [1.82, 2.24) is 4.90 Å². The van der Waals surface area contributed by atoms with Crippen LogP contribution < -0.4 is 0 Å². The van der Waals surface area contributed by atoms with E-state index in [9.17, 15) is 10.1 Å². The number of rotatable bonds is 3. The van der Waals surface area contributed by atoms with E-state index in [4.69, 9.17) is 27.6 Å². The standard InChI is InChI=1S/C23H16Cl2N2O2/c24-20-7-5-16(12-21(20)25)22-8-6-19(29-22)11-18(13-26)23(28)27-10-9-15-3-1-2-4-17(15)14-27/h1-8,11-12H,9-10,14H2/b18-11+. The summed E-state index contributed by atoms with van der Waals surface area (Å²) in [6.07, 6.45) is 2.26. The number of benzene rings is 2. The number of carbonyl (C=O) groups is 1. The van der Waals surface area contributed by atoms with Crippen LogP contribution in [0.4, 0.5) is 0 Å². The first-order valence-corrected chi connectivity index (χ1v) is 9.84. The molecule has 6 heteroatoms. The van der Waals surface area contributed by atoms with Crippen LogP contribution in [0.1, 0.15) is 16.9 Å². The van der Waals surface area contributed by atoms with Crippen molar-refractivity contribution in [1.29, 1.82) is 5.26 Å². The summed E-state index contributed by atoms with van der Waals surface area (Å²) in [5.41, 5.74) is 3.16. The van der Waals surface area contributed by atoms with E-state index in [-0.39, 0.29) is 11.5 Å². The molecule has 0 aliphatic carbocycles. The summed E-state index contributed by atoms with van der Waals surface area (Å²) >= 11 is 12.0. The molecule has 0 spiro atoms. The second-order valence-corrected chi connectivity index (χ2v) is 7.56. The molecule has 1 aliphatic heterocycles. The third-order valence-corrected chi connectivity index (χ3v) is 5.63. The molecule has 0 saturated heterocycles. The molecule has 1 aromatic heterocycles. The Balaban J connectivity index is 1.55. The molecular formula is C23H16Cl2N2O2. The number of fused-ring (bicyclic) bond motifs is 1. The monoisotopic (exact) mass is 422 g/mol. The van der Waals surface area contributed by atoms with Gasteiger partial charge in [-0.1, -0.05) is 47.5 Å². The molecule has 4 nitrogen and oxygen atoms in total. The van der Waals surface area contributed by atoms with E-state index < -0.39 is 0 Å². The smallest absolute Gasteiger partial charge is 0.264 e. The van der Waals surface area contributed by atoms with Crippen molar-refractivity contribution in [2.75, 3.05) is 6.54 Å². The Bertz CT molecular complexity index is 1160. The fraction of sp³-hybridized carbons (Fsp3) is 0.130. The molecule has 0 radical (unpaired) electrons. The first-order chi connectivity index (χ1) is 14.0. The number of halogens is 2. The summed E-state index contributed by atoms with van der Waals surface area (Å²) in [4.78, 5) is 14.6. The lowest BCUT2D eigenvalue weighted by atomic mass is 9.99. The topological polar surface area (TPSA) is 57.2 Å². The molecule has 4 rings (SSSR count). The molecule has 2 aromatic carbocycles. The summed E-state index contributed by atoms with van der Waals surface area (Å²) in [7, 11) is 0. The van der Waals surface area contributed by atoms with Gasteiger partial charge in [-0.15, -0.1) is 0 Å². The molecule has 29 heavy (non-hydrogen) atoms. The van der Waals surface area contributed by atoms with Crippen molar-refractivity contribution < 1.29 is 9.21 Å². The lowest BCUT2D eigenvalue weighted by Crippen LogP contribution is -2.36. The molecule has 2 heterocycles. The minimum Gasteiger partial charge on any atom is -0.457 e. The third-order valence-electron chi connectivity index (χ3n) is 4.89. The maximum Gasteiger partial charge on any atom is 0.264 e. The number of nitriles is 1. The van der Waals surface area contributed by atoms with Crippen molar-refractivity contribution in [2.45, 2.75) is 13.0 Å². The average Bonchev–Trinajstić information content (AvgIpc) is 3.21. The molecule has 0 fully saturated rings. The van der Waals surface area contributed by atoms with Gasteiger partial charge in [0.25, 0.3) is 5.91 Å². The van der Waals surface area contributed by atoms with E-state index in [0.717, 1.165) is 17.5 Å². The average molecular weight is 423 g/mol. The molecule has 0 N–H and O–H groups in total. The van der Waals surface area contributed by atoms with Gasteiger partial charge < -0.3 is 9.32 Å². The zero-order valence-electron chi connectivity index (χ0n) is 15.4. The zero-order valence-corrected chi connectivity index (χ0v) is 16.9. The molecule has 3 aromatic rings. The van der Waals surface area contributed by atoms with Crippen molar-refractivity contribution in [3.8, 4) is 17.4 Å². The van der Waals surface area contributed by atoms with Crippen LogP contribution >= 0.6 is 23.2 Å². The normalized spacial score (nSPS) is 13.7. The summed E-state index contributed by atoms with van der Waals surface area (Å²) in [6, 6.07) is 18.7. The highest BCUT2D eigenvalue weighted by Crippen LogP contribution is 2.30. The van der Waals surface area contributed by atoms with E-state index in [1.54, 1.807) is 35.2 Å². The van der Waals surface area contributed by atoms with E-state index >= 15 is 0 Å². The highest BCUT2D eigenvalue weighted by molar-refractivity contribution is 6.42. The molecule has 0 bridgehead atoms. The van der Waals surface area contributed by atoms with Crippen molar-refractivity contribution in [3.05, 3.63) is 87.1 Å². The second-order valence-electron chi connectivity index (χ2n) is 6.75. The Morgan fingerprint density at radius 1 is 1.07 bits per heavy atom. The summed E-state index contributed by atoms with van der Waals surface area (Å²) in [5, 5.41) is 10.4. The Morgan fingerprint density at radius 3 is 2.62 bits per heavy atom. The van der Waals surface area contributed by atoms with Crippen LogP contribution in [-0.2, 0) is 17.8 Å². The van der Waals surface area contributed by atoms with Crippen LogP contribution in [-0.4, -0.2) is 17.4 Å². The number of hydrogen-bond acceptors (Lipinski definition) is 3. The van der Waals surface area contributed by atoms with Gasteiger partial charge in [0.15, 0.2) is 0 Å². The van der Waals surface area contributed by atoms with Crippen LogP contribution in [0, 0.1) is 11.3 Å². The molecular weight excluding hydrogens is 407 g/mol. The maximum atomic E-state index is 12.9. The van der Waals surface area contributed by atoms with Crippen LogP contribution in [0.5, 0.6) is 0 Å². The minimum atomic E-state index is -0.297. The van der Waals surface area contributed by atoms with E-state index in [0.29, 0.717) is 34.7 Å². The Labute approximate surface area is 178 Å². The van der Waals surface area contributed by atoms with Crippen LogP contribution in [0.15, 0.2) is 64.6 Å². The lowest BCUT2D eigenvalue weighted by Gasteiger charge is -2.28. The number of hydrogen-bond donors (Lipinski definition) is 0. The Hall–Kier alpha value is -3.00. The summed E-state index contributed by atoms with van der Waals surface area (Å²) < 4.78 is 5.79. The highest BCUT2D eigenvalue weighted by atomic mass is 35.5. The number of furan rings is 1. The molecule has 0 saturated carbocycles. The van der Waals surface area contributed by atoms with Gasteiger partial charge in [0.1, 0.15) is 23.2 Å². The van der Waals surface area contributed by atoms with E-state index in [1.165, 1.54) is 11.6 Å². The summed E-state index contributed by atoms with van der Waals surface area (Å²) in [6.45, 7) is 1.09.